The number of rotatable bonds is 7. The predicted octanol–water partition coefficient (Wildman–Crippen LogP) is 3.82. The van der Waals surface area contributed by atoms with E-state index in [9.17, 15) is 4.79 Å². The molecule has 1 amide bonds. The molecule has 0 aliphatic heterocycles. The van der Waals surface area contributed by atoms with Crippen LogP contribution in [-0.4, -0.2) is 30.1 Å². The third-order valence-corrected chi connectivity index (χ3v) is 4.19. The zero-order valence-corrected chi connectivity index (χ0v) is 16.2. The maximum atomic E-state index is 12.3. The summed E-state index contributed by atoms with van der Waals surface area (Å²) in [6, 6.07) is 12.6. The lowest BCUT2D eigenvalue weighted by atomic mass is 10.2. The number of hydrogen-bond acceptors (Lipinski definition) is 6. The molecule has 0 fully saturated rings. The van der Waals surface area contributed by atoms with Gasteiger partial charge in [0.25, 0.3) is 5.91 Å². The smallest absolute Gasteiger partial charge is 0.254 e. The number of nitrogens with zero attached hydrogens (tertiary/aromatic N) is 2. The van der Waals surface area contributed by atoms with Crippen LogP contribution >= 0.6 is 11.6 Å². The highest BCUT2D eigenvalue weighted by molar-refractivity contribution is 6.30. The third kappa shape index (κ3) is 4.89. The zero-order valence-electron chi connectivity index (χ0n) is 15.4. The number of benzene rings is 2. The number of amides is 1. The van der Waals surface area contributed by atoms with Crippen LogP contribution < -0.4 is 20.1 Å². The minimum atomic E-state index is -0.261. The first kappa shape index (κ1) is 19.4. The van der Waals surface area contributed by atoms with Gasteiger partial charge in [-0.1, -0.05) is 23.7 Å². The number of aromatic nitrogens is 2. The molecule has 0 unspecified atom stereocenters. The molecule has 0 aliphatic carbocycles. The first-order valence-corrected chi connectivity index (χ1v) is 8.80. The van der Waals surface area contributed by atoms with E-state index in [4.69, 9.17) is 21.1 Å². The molecule has 1 aromatic heterocycles. The van der Waals surface area contributed by atoms with Crippen LogP contribution in [0, 0.1) is 0 Å². The van der Waals surface area contributed by atoms with E-state index in [2.05, 4.69) is 20.6 Å². The average Bonchev–Trinajstić information content (AvgIpc) is 2.74. The summed E-state index contributed by atoms with van der Waals surface area (Å²) in [5.74, 6) is 1.35. The molecule has 7 nitrogen and oxygen atoms in total. The number of methoxy groups -OCH3 is 2. The van der Waals surface area contributed by atoms with Crippen LogP contribution in [0.25, 0.3) is 0 Å². The minimum Gasteiger partial charge on any atom is -0.497 e. The summed E-state index contributed by atoms with van der Waals surface area (Å²) in [5.41, 5.74) is 1.99. The SMILES string of the molecule is COc1ccc(Nc2ncc(C(=O)NCc3ccc(Cl)cc3)cn2)c(OC)c1. The second kappa shape index (κ2) is 9.05. The molecule has 0 saturated carbocycles. The third-order valence-electron chi connectivity index (χ3n) is 3.94. The lowest BCUT2D eigenvalue weighted by molar-refractivity contribution is 0.0950. The van der Waals surface area contributed by atoms with E-state index in [0.29, 0.717) is 40.3 Å². The highest BCUT2D eigenvalue weighted by atomic mass is 35.5. The van der Waals surface area contributed by atoms with E-state index in [0.717, 1.165) is 5.56 Å². The normalized spacial score (nSPS) is 10.2. The molecule has 0 aliphatic rings. The van der Waals surface area contributed by atoms with Crippen molar-refractivity contribution in [3.05, 3.63) is 71.0 Å². The molecule has 0 radical (unpaired) electrons. The maximum absolute atomic E-state index is 12.3. The summed E-state index contributed by atoms with van der Waals surface area (Å²) in [7, 11) is 3.15. The number of hydrogen-bond donors (Lipinski definition) is 2. The fraction of sp³-hybridized carbons (Fsp3) is 0.150. The van der Waals surface area contributed by atoms with E-state index in [1.807, 2.05) is 12.1 Å². The van der Waals surface area contributed by atoms with Crippen LogP contribution in [0.1, 0.15) is 15.9 Å². The van der Waals surface area contributed by atoms with Crippen molar-refractivity contribution in [2.45, 2.75) is 6.54 Å². The van der Waals surface area contributed by atoms with E-state index >= 15 is 0 Å². The number of carbonyl (C=O) groups is 1. The molecule has 28 heavy (non-hydrogen) atoms. The van der Waals surface area contributed by atoms with Gasteiger partial charge in [-0.05, 0) is 29.8 Å². The van der Waals surface area contributed by atoms with Crippen molar-refractivity contribution in [3.8, 4) is 11.5 Å². The van der Waals surface area contributed by atoms with Gasteiger partial charge in [0.05, 0.1) is 25.5 Å². The molecule has 2 aromatic carbocycles. The molecule has 0 atom stereocenters. The number of halogens is 1. The Morgan fingerprint density at radius 1 is 1.04 bits per heavy atom. The first-order chi connectivity index (χ1) is 13.6. The van der Waals surface area contributed by atoms with Gasteiger partial charge in [-0.25, -0.2) is 9.97 Å². The van der Waals surface area contributed by atoms with Gasteiger partial charge in [-0.15, -0.1) is 0 Å². The Bertz CT molecular complexity index is 947. The van der Waals surface area contributed by atoms with Gasteiger partial charge in [0.1, 0.15) is 11.5 Å². The van der Waals surface area contributed by atoms with Gasteiger partial charge in [0, 0.05) is 30.0 Å². The summed E-state index contributed by atoms with van der Waals surface area (Å²) in [6.45, 7) is 0.388. The lowest BCUT2D eigenvalue weighted by Gasteiger charge is -2.11. The summed E-state index contributed by atoms with van der Waals surface area (Å²) in [5, 5.41) is 6.53. The topological polar surface area (TPSA) is 85.4 Å². The second-order valence-corrected chi connectivity index (χ2v) is 6.23. The van der Waals surface area contributed by atoms with Gasteiger partial charge < -0.3 is 20.1 Å². The first-order valence-electron chi connectivity index (χ1n) is 8.43. The Morgan fingerprint density at radius 3 is 2.39 bits per heavy atom. The fourth-order valence-electron chi connectivity index (χ4n) is 2.42. The molecule has 3 rings (SSSR count). The standard InChI is InChI=1S/C20H19ClN4O3/c1-27-16-7-8-17(18(9-16)28-2)25-20-23-11-14(12-24-20)19(26)22-10-13-3-5-15(21)6-4-13/h3-9,11-12H,10H2,1-2H3,(H,22,26)(H,23,24,25). The van der Waals surface area contributed by atoms with Crippen LogP contribution in [0.4, 0.5) is 11.6 Å². The molecular weight excluding hydrogens is 380 g/mol. The highest BCUT2D eigenvalue weighted by Crippen LogP contribution is 2.30. The Labute approximate surface area is 167 Å². The van der Waals surface area contributed by atoms with Crippen molar-refractivity contribution >= 4 is 29.1 Å². The van der Waals surface area contributed by atoms with Gasteiger partial charge >= 0.3 is 0 Å². The number of nitrogens with one attached hydrogen (secondary N) is 2. The molecule has 3 aromatic rings. The molecule has 0 bridgehead atoms. The molecule has 144 valence electrons. The summed E-state index contributed by atoms with van der Waals surface area (Å²) >= 11 is 5.85. The summed E-state index contributed by atoms with van der Waals surface area (Å²) in [4.78, 5) is 20.6. The van der Waals surface area contributed by atoms with Gasteiger partial charge in [0.2, 0.25) is 5.95 Å². The van der Waals surface area contributed by atoms with Crippen LogP contribution in [-0.2, 0) is 6.54 Å². The number of ether oxygens (including phenoxy) is 2. The van der Waals surface area contributed by atoms with Gasteiger partial charge in [-0.3, -0.25) is 4.79 Å². The van der Waals surface area contributed by atoms with Crippen molar-refractivity contribution in [2.75, 3.05) is 19.5 Å². The largest absolute Gasteiger partial charge is 0.497 e. The second-order valence-electron chi connectivity index (χ2n) is 5.80. The average molecular weight is 399 g/mol. The Kier molecular flexibility index (Phi) is 6.29. The molecule has 8 heteroatoms. The van der Waals surface area contributed by atoms with Crippen molar-refractivity contribution in [1.82, 2.24) is 15.3 Å². The number of anilines is 2. The van der Waals surface area contributed by atoms with E-state index < -0.39 is 0 Å². The van der Waals surface area contributed by atoms with Crippen molar-refractivity contribution in [3.63, 3.8) is 0 Å². The van der Waals surface area contributed by atoms with Crippen LogP contribution in [0.2, 0.25) is 5.02 Å². The van der Waals surface area contributed by atoms with Crippen molar-refractivity contribution < 1.29 is 14.3 Å². The number of carbonyl (C=O) groups excluding carboxylic acids is 1. The van der Waals surface area contributed by atoms with Crippen LogP contribution in [0.3, 0.4) is 0 Å². The van der Waals surface area contributed by atoms with Crippen LogP contribution in [0.15, 0.2) is 54.9 Å². The minimum absolute atomic E-state index is 0.261. The summed E-state index contributed by atoms with van der Waals surface area (Å²) < 4.78 is 10.5. The van der Waals surface area contributed by atoms with E-state index in [-0.39, 0.29) is 5.91 Å². The summed E-state index contributed by atoms with van der Waals surface area (Å²) in [6.07, 6.45) is 2.92. The maximum Gasteiger partial charge on any atom is 0.254 e. The van der Waals surface area contributed by atoms with Crippen molar-refractivity contribution in [1.29, 1.82) is 0 Å². The zero-order chi connectivity index (χ0) is 19.9. The molecule has 2 N–H and O–H groups in total. The van der Waals surface area contributed by atoms with E-state index in [1.165, 1.54) is 12.4 Å². The van der Waals surface area contributed by atoms with Gasteiger partial charge in [0.15, 0.2) is 0 Å². The Balaban J connectivity index is 1.63. The highest BCUT2D eigenvalue weighted by Gasteiger charge is 2.10. The predicted molar refractivity (Wildman–Crippen MR) is 107 cm³/mol. The van der Waals surface area contributed by atoms with Crippen LogP contribution in [0.5, 0.6) is 11.5 Å². The van der Waals surface area contributed by atoms with Crippen molar-refractivity contribution in [2.24, 2.45) is 0 Å². The fourth-order valence-corrected chi connectivity index (χ4v) is 2.54. The lowest BCUT2D eigenvalue weighted by Crippen LogP contribution is -2.23. The molecule has 1 heterocycles. The molecule has 0 saturated heterocycles. The van der Waals surface area contributed by atoms with E-state index in [1.54, 1.807) is 44.6 Å². The Hall–Kier alpha value is -3.32. The molecular formula is C20H19ClN4O3. The monoisotopic (exact) mass is 398 g/mol. The Morgan fingerprint density at radius 2 is 1.75 bits per heavy atom. The molecule has 0 spiro atoms. The quantitative estimate of drug-likeness (QED) is 0.629. The van der Waals surface area contributed by atoms with Gasteiger partial charge in [-0.2, -0.15) is 0 Å².